The number of carbonyl (C=O) groups excluding carboxylic acids is 2. The quantitative estimate of drug-likeness (QED) is 0.889. The predicted molar refractivity (Wildman–Crippen MR) is 81.8 cm³/mol. The minimum absolute atomic E-state index is 0.0478. The zero-order valence-corrected chi connectivity index (χ0v) is 12.5. The number of carbonyl (C=O) groups is 2. The highest BCUT2D eigenvalue weighted by molar-refractivity contribution is 8.13. The van der Waals surface area contributed by atoms with Gasteiger partial charge >= 0.3 is 0 Å². The average Bonchev–Trinajstić information content (AvgIpc) is 3.18. The molecule has 1 fully saturated rings. The summed E-state index contributed by atoms with van der Waals surface area (Å²) in [6, 6.07) is 3.49. The Morgan fingerprint density at radius 2 is 2.32 bits per heavy atom. The fraction of sp³-hybridized carbons (Fsp3) is 0.308. The van der Waals surface area contributed by atoms with E-state index in [-0.39, 0.29) is 17.6 Å². The maximum Gasteiger partial charge on any atom is 0.281 e. The topological polar surface area (TPSA) is 93.0 Å². The van der Waals surface area contributed by atoms with Crippen LogP contribution in [-0.4, -0.2) is 54.6 Å². The Hall–Kier alpha value is -2.42. The van der Waals surface area contributed by atoms with Gasteiger partial charge in [0.05, 0.1) is 11.9 Å². The fourth-order valence-corrected chi connectivity index (χ4v) is 2.86. The lowest BCUT2D eigenvalue weighted by Crippen LogP contribution is -2.27. The average molecular weight is 318 g/mol. The minimum Gasteiger partial charge on any atom is -0.332 e. The molecule has 0 atom stereocenters. The summed E-state index contributed by atoms with van der Waals surface area (Å²) >= 11 is 1.29. The Morgan fingerprint density at radius 3 is 2.95 bits per heavy atom. The number of hydrogen-bond donors (Lipinski definition) is 1. The summed E-state index contributed by atoms with van der Waals surface area (Å²) in [5.74, 6) is 1.28. The summed E-state index contributed by atoms with van der Waals surface area (Å²) < 4.78 is 1.53. The summed E-state index contributed by atoms with van der Waals surface area (Å²) in [6.07, 6.45) is 4.81. The Labute approximate surface area is 130 Å². The number of hydrogen-bond acceptors (Lipinski definition) is 6. The van der Waals surface area contributed by atoms with Crippen molar-refractivity contribution in [1.82, 2.24) is 24.6 Å². The summed E-state index contributed by atoms with van der Waals surface area (Å²) in [5, 5.41) is 6.78. The van der Waals surface area contributed by atoms with E-state index < -0.39 is 0 Å². The molecule has 8 nitrogen and oxygen atoms in total. The molecule has 9 heteroatoms. The largest absolute Gasteiger partial charge is 0.332 e. The maximum absolute atomic E-state index is 11.9. The van der Waals surface area contributed by atoms with Crippen molar-refractivity contribution in [2.45, 2.75) is 6.42 Å². The van der Waals surface area contributed by atoms with Crippen LogP contribution in [-0.2, 0) is 4.79 Å². The van der Waals surface area contributed by atoms with Gasteiger partial charge in [-0.15, -0.1) is 0 Å². The van der Waals surface area contributed by atoms with Crippen molar-refractivity contribution >= 4 is 28.6 Å². The SMILES string of the molecule is O=C(CCN1CCSC1=O)Nc1ccc(-n2cncn2)nc1. The van der Waals surface area contributed by atoms with Gasteiger partial charge in [-0.1, -0.05) is 11.8 Å². The number of thioether (sulfide) groups is 1. The number of aromatic nitrogens is 4. The standard InChI is InChI=1S/C13H14N6O2S/c20-12(3-4-18-5-6-22-13(18)21)17-10-1-2-11(15-7-10)19-9-14-8-16-19/h1-2,7-9H,3-6H2,(H,17,20). The molecule has 0 aliphatic carbocycles. The summed E-state index contributed by atoms with van der Waals surface area (Å²) in [4.78, 5) is 33.0. The van der Waals surface area contributed by atoms with E-state index in [0.717, 1.165) is 5.75 Å². The second-order valence-electron chi connectivity index (χ2n) is 4.64. The zero-order chi connectivity index (χ0) is 15.4. The third-order valence-electron chi connectivity index (χ3n) is 3.14. The van der Waals surface area contributed by atoms with Crippen molar-refractivity contribution in [3.63, 3.8) is 0 Å². The van der Waals surface area contributed by atoms with Crippen LogP contribution in [0.25, 0.3) is 5.82 Å². The number of rotatable bonds is 5. The number of nitrogens with one attached hydrogen (secondary N) is 1. The smallest absolute Gasteiger partial charge is 0.281 e. The molecule has 2 amide bonds. The van der Waals surface area contributed by atoms with Crippen LogP contribution in [0, 0.1) is 0 Å². The maximum atomic E-state index is 11.9. The molecule has 2 aromatic rings. The van der Waals surface area contributed by atoms with Gasteiger partial charge in [0, 0.05) is 25.3 Å². The van der Waals surface area contributed by atoms with Crippen LogP contribution < -0.4 is 5.32 Å². The molecule has 0 unspecified atom stereocenters. The van der Waals surface area contributed by atoms with Gasteiger partial charge in [-0.3, -0.25) is 9.59 Å². The van der Waals surface area contributed by atoms with Crippen LogP contribution in [0.5, 0.6) is 0 Å². The Balaban J connectivity index is 1.52. The molecule has 3 heterocycles. The van der Waals surface area contributed by atoms with E-state index in [4.69, 9.17) is 0 Å². The number of amides is 2. The van der Waals surface area contributed by atoms with Gasteiger partial charge < -0.3 is 10.2 Å². The lowest BCUT2D eigenvalue weighted by molar-refractivity contribution is -0.116. The lowest BCUT2D eigenvalue weighted by Gasteiger charge is -2.13. The molecule has 3 rings (SSSR count). The summed E-state index contributed by atoms with van der Waals surface area (Å²) in [5.41, 5.74) is 0.607. The van der Waals surface area contributed by atoms with E-state index in [2.05, 4.69) is 20.4 Å². The molecule has 1 saturated heterocycles. The van der Waals surface area contributed by atoms with E-state index in [9.17, 15) is 9.59 Å². The molecule has 2 aromatic heterocycles. The van der Waals surface area contributed by atoms with Gasteiger partial charge in [0.2, 0.25) is 5.91 Å². The first-order chi connectivity index (χ1) is 10.7. The second kappa shape index (κ2) is 6.56. The van der Waals surface area contributed by atoms with Crippen molar-refractivity contribution < 1.29 is 9.59 Å². The highest BCUT2D eigenvalue weighted by Crippen LogP contribution is 2.17. The van der Waals surface area contributed by atoms with Gasteiger partial charge in [0.25, 0.3) is 5.24 Å². The van der Waals surface area contributed by atoms with E-state index in [1.165, 1.54) is 22.8 Å². The van der Waals surface area contributed by atoms with Gasteiger partial charge in [0.1, 0.15) is 12.7 Å². The normalized spacial score (nSPS) is 14.4. The van der Waals surface area contributed by atoms with Crippen LogP contribution in [0.2, 0.25) is 0 Å². The van der Waals surface area contributed by atoms with Crippen LogP contribution in [0.15, 0.2) is 31.0 Å². The predicted octanol–water partition coefficient (Wildman–Crippen LogP) is 1.16. The van der Waals surface area contributed by atoms with Gasteiger partial charge in [-0.2, -0.15) is 5.10 Å². The third kappa shape index (κ3) is 3.42. The van der Waals surface area contributed by atoms with Crippen LogP contribution >= 0.6 is 11.8 Å². The zero-order valence-electron chi connectivity index (χ0n) is 11.7. The lowest BCUT2D eigenvalue weighted by atomic mass is 10.3. The summed E-state index contributed by atoms with van der Waals surface area (Å²) in [6.45, 7) is 1.16. The highest BCUT2D eigenvalue weighted by atomic mass is 32.2. The van der Waals surface area contributed by atoms with Crippen molar-refractivity contribution in [2.75, 3.05) is 24.2 Å². The first kappa shape index (κ1) is 14.5. The molecule has 0 bridgehead atoms. The van der Waals surface area contributed by atoms with E-state index in [1.807, 2.05) is 0 Å². The Morgan fingerprint density at radius 1 is 1.41 bits per heavy atom. The molecule has 0 spiro atoms. The first-order valence-electron chi connectivity index (χ1n) is 6.75. The van der Waals surface area contributed by atoms with Gasteiger partial charge in [-0.25, -0.2) is 14.6 Å². The fourth-order valence-electron chi connectivity index (χ4n) is 2.01. The number of anilines is 1. The number of nitrogens with zero attached hydrogens (tertiary/aromatic N) is 5. The van der Waals surface area contributed by atoms with E-state index in [1.54, 1.807) is 29.6 Å². The number of pyridine rings is 1. The first-order valence-corrected chi connectivity index (χ1v) is 7.73. The molecule has 22 heavy (non-hydrogen) atoms. The minimum atomic E-state index is -0.139. The van der Waals surface area contributed by atoms with E-state index >= 15 is 0 Å². The molecule has 0 radical (unpaired) electrons. The van der Waals surface area contributed by atoms with Crippen molar-refractivity contribution in [3.05, 3.63) is 31.0 Å². The Kier molecular flexibility index (Phi) is 4.33. The molecule has 0 aromatic carbocycles. The van der Waals surface area contributed by atoms with Crippen LogP contribution in [0.4, 0.5) is 10.5 Å². The molecule has 114 valence electrons. The Bertz CT molecular complexity index is 658. The van der Waals surface area contributed by atoms with Gasteiger partial charge in [0.15, 0.2) is 5.82 Å². The van der Waals surface area contributed by atoms with Crippen LogP contribution in [0.3, 0.4) is 0 Å². The van der Waals surface area contributed by atoms with Crippen molar-refractivity contribution in [2.24, 2.45) is 0 Å². The molecule has 1 aliphatic rings. The second-order valence-corrected chi connectivity index (χ2v) is 5.69. The monoisotopic (exact) mass is 318 g/mol. The molecule has 1 aliphatic heterocycles. The molecular formula is C13H14N6O2S. The third-order valence-corrected chi connectivity index (χ3v) is 4.03. The molecular weight excluding hydrogens is 304 g/mol. The summed E-state index contributed by atoms with van der Waals surface area (Å²) in [7, 11) is 0. The molecule has 1 N–H and O–H groups in total. The van der Waals surface area contributed by atoms with Crippen molar-refractivity contribution in [3.8, 4) is 5.82 Å². The van der Waals surface area contributed by atoms with Crippen molar-refractivity contribution in [1.29, 1.82) is 0 Å². The molecule has 0 saturated carbocycles. The highest BCUT2D eigenvalue weighted by Gasteiger charge is 2.21. The van der Waals surface area contributed by atoms with Crippen LogP contribution in [0.1, 0.15) is 6.42 Å². The van der Waals surface area contributed by atoms with Gasteiger partial charge in [-0.05, 0) is 12.1 Å². The van der Waals surface area contributed by atoms with E-state index in [0.29, 0.717) is 24.6 Å².